The summed E-state index contributed by atoms with van der Waals surface area (Å²) in [4.78, 5) is 25.9. The molecule has 6 N–H and O–H groups in total. The zero-order chi connectivity index (χ0) is 54.3. The largest absolute Gasteiger partial charge is 0.507 e. The highest BCUT2D eigenvalue weighted by atomic mass is 79.9. The van der Waals surface area contributed by atoms with Crippen LogP contribution in [0.2, 0.25) is 10.0 Å². The van der Waals surface area contributed by atoms with E-state index >= 15 is 0 Å². The third kappa shape index (κ3) is 28.2. The first-order valence-corrected chi connectivity index (χ1v) is 32.1. The lowest BCUT2D eigenvalue weighted by Gasteiger charge is -2.24. The third-order valence-corrected chi connectivity index (χ3v) is 14.9. The van der Waals surface area contributed by atoms with Gasteiger partial charge in [-0.15, -0.1) is 0 Å². The molecule has 0 bridgehead atoms. The molecule has 2 aromatic rings. The van der Waals surface area contributed by atoms with E-state index in [9.17, 15) is 48.4 Å². The van der Waals surface area contributed by atoms with Gasteiger partial charge in [0.1, 0.15) is 37.4 Å². The van der Waals surface area contributed by atoms with E-state index in [0.717, 1.165) is 76.5 Å². The minimum atomic E-state index is -4.11. The zero-order valence-electron chi connectivity index (χ0n) is 41.5. The Hall–Kier alpha value is -2.43. The van der Waals surface area contributed by atoms with E-state index in [1.54, 1.807) is 37.8 Å². The summed E-state index contributed by atoms with van der Waals surface area (Å²) in [5, 5.41) is 13.1. The molecule has 28 heteroatoms. The second-order valence-corrected chi connectivity index (χ2v) is 29.5. The first kappa shape index (κ1) is 64.7. The Morgan fingerprint density at radius 2 is 1.27 bits per heavy atom. The number of benzene rings is 2. The van der Waals surface area contributed by atoms with Crippen molar-refractivity contribution in [3.05, 3.63) is 44.8 Å². The van der Waals surface area contributed by atoms with Gasteiger partial charge in [0, 0.05) is 71.8 Å². The highest BCUT2D eigenvalue weighted by molar-refractivity contribution is 9.10. The molecular weight excluding hydrogens is 1140 g/mol. The Morgan fingerprint density at radius 1 is 0.775 bits per heavy atom. The molecule has 3 atom stereocenters. The van der Waals surface area contributed by atoms with Gasteiger partial charge in [-0.2, -0.15) is 0 Å². The molecule has 71 heavy (non-hydrogen) atoms. The minimum absolute atomic E-state index is 0.109. The van der Waals surface area contributed by atoms with Crippen molar-refractivity contribution in [2.45, 2.75) is 121 Å². The summed E-state index contributed by atoms with van der Waals surface area (Å²) in [5.74, 6) is 0.489. The van der Waals surface area contributed by atoms with Crippen LogP contribution < -0.4 is 25.2 Å². The maximum atomic E-state index is 11.7. The predicted molar refractivity (Wildman–Crippen MR) is 281 cm³/mol. The fourth-order valence-electron chi connectivity index (χ4n) is 7.06. The number of phenolic OH excluding ortho intramolecular Hbond substituents is 1. The van der Waals surface area contributed by atoms with Gasteiger partial charge >= 0.3 is 12.2 Å². The van der Waals surface area contributed by atoms with Crippen molar-refractivity contribution < 1.29 is 62.6 Å². The van der Waals surface area contributed by atoms with E-state index in [4.69, 9.17) is 53.8 Å². The number of hydrogen-bond acceptors (Lipinski definition) is 16. The van der Waals surface area contributed by atoms with Gasteiger partial charge in [-0.25, -0.2) is 52.7 Å². The van der Waals surface area contributed by atoms with E-state index in [-0.39, 0.29) is 45.8 Å². The number of sulfonamides is 2. The van der Waals surface area contributed by atoms with Crippen molar-refractivity contribution in [1.29, 1.82) is 0 Å². The molecule has 0 unspecified atom stereocenters. The second kappa shape index (κ2) is 27.9. The van der Waals surface area contributed by atoms with Crippen molar-refractivity contribution in [1.82, 2.24) is 24.6 Å². The molecule has 20 nitrogen and oxygen atoms in total. The molecule has 4 aliphatic rings. The standard InChI is InChI=1S/C12H6BrCl3O4S.C10H20N2O4S.C9H18N2O2.2C6H13NO2S/c13-6-3-8(14)12(9(15)4-6)20-7-1-2-10(17)11(5-7)21(16,18)19;1-10(2,3)16-9(13)12-6-5-8(7-12)11-17(4,14)15;1-9(2,3)13-8(12)11-5-4-7(10)6-11;1-10(8,9)5-6-2-3-7-4-6;1-10(8,9)7-6-4-2-3-5-6/h1-5,17H;8,11H,5-7H2,1-4H3;7H,4-6,10H2,1-3H3;2*6-7H,2-5H2,1H3/t;8-;7-;6-;/m.000./s1. The van der Waals surface area contributed by atoms with E-state index < -0.39 is 66.9 Å². The van der Waals surface area contributed by atoms with Crippen molar-refractivity contribution in [2.24, 2.45) is 11.7 Å². The lowest BCUT2D eigenvalue weighted by molar-refractivity contribution is 0.0282. The van der Waals surface area contributed by atoms with Crippen molar-refractivity contribution >= 4 is 101 Å². The number of nitrogens with two attached hydrogens (primary N) is 1. The summed E-state index contributed by atoms with van der Waals surface area (Å²) in [6.45, 7) is 15.0. The molecule has 1 saturated carbocycles. The Labute approximate surface area is 443 Å². The monoisotopic (exact) mass is 1210 g/mol. The summed E-state index contributed by atoms with van der Waals surface area (Å²) in [7, 11) is -7.81. The van der Waals surface area contributed by atoms with Gasteiger partial charge in [-0.3, -0.25) is 0 Å². The number of carbonyl (C=O) groups is 2. The number of sulfone groups is 1. The van der Waals surface area contributed by atoms with Crippen LogP contribution >= 0.6 is 49.8 Å². The summed E-state index contributed by atoms with van der Waals surface area (Å²) < 4.78 is 109. The number of nitrogens with one attached hydrogen (secondary N) is 3. The number of phenols is 1. The normalized spacial score (nSPS) is 19.7. The lowest BCUT2D eigenvalue weighted by atomic mass is 10.2. The third-order valence-electron chi connectivity index (χ3n) is 9.91. The number of hydrogen-bond donors (Lipinski definition) is 5. The van der Waals surface area contributed by atoms with Crippen LogP contribution in [0.1, 0.15) is 86.5 Å². The van der Waals surface area contributed by atoms with Crippen molar-refractivity contribution in [3.63, 3.8) is 0 Å². The molecular formula is C43H70BrCl3N6O14S4. The Morgan fingerprint density at radius 3 is 1.69 bits per heavy atom. The smallest absolute Gasteiger partial charge is 0.410 e. The number of rotatable bonds is 9. The topological polar surface area (TPSA) is 287 Å². The molecule has 4 fully saturated rings. The number of carbonyl (C=O) groups excluding carboxylic acids is 2. The molecule has 6 rings (SSSR count). The van der Waals surface area contributed by atoms with Gasteiger partial charge in [0.25, 0.3) is 9.05 Å². The van der Waals surface area contributed by atoms with Crippen LogP contribution in [0.15, 0.2) is 39.7 Å². The van der Waals surface area contributed by atoms with Gasteiger partial charge in [0.2, 0.25) is 20.0 Å². The fourth-order valence-corrected chi connectivity index (χ4v) is 12.1. The summed E-state index contributed by atoms with van der Waals surface area (Å²) >= 11 is 15.3. The van der Waals surface area contributed by atoms with E-state index in [1.165, 1.54) is 23.5 Å². The summed E-state index contributed by atoms with van der Waals surface area (Å²) in [5.41, 5.74) is 4.74. The average Bonchev–Trinajstić information content (AvgIpc) is 4.02. The highest BCUT2D eigenvalue weighted by Gasteiger charge is 2.31. The Kier molecular flexibility index (Phi) is 25.4. The van der Waals surface area contributed by atoms with E-state index in [2.05, 4.69) is 30.7 Å². The van der Waals surface area contributed by atoms with Crippen LogP contribution in [0, 0.1) is 5.92 Å². The lowest BCUT2D eigenvalue weighted by Crippen LogP contribution is -2.39. The highest BCUT2D eigenvalue weighted by Crippen LogP contribution is 2.40. The number of nitrogens with zero attached hydrogens (tertiary/aromatic N) is 2. The molecule has 0 aromatic heterocycles. The van der Waals surface area contributed by atoms with Gasteiger partial charge < -0.3 is 40.2 Å². The number of amides is 2. The molecule has 0 spiro atoms. The molecule has 2 amide bonds. The van der Waals surface area contributed by atoms with Gasteiger partial charge in [0.15, 0.2) is 5.75 Å². The van der Waals surface area contributed by atoms with Gasteiger partial charge in [-0.1, -0.05) is 52.0 Å². The molecule has 3 aliphatic heterocycles. The zero-order valence-corrected chi connectivity index (χ0v) is 48.6. The van der Waals surface area contributed by atoms with Crippen LogP contribution in [-0.2, 0) is 48.4 Å². The number of likely N-dealkylation sites (tertiary alicyclic amines) is 2. The average molecular weight is 1210 g/mol. The SMILES string of the molecule is CC(C)(C)OC(=O)N1CC[C@H](N)C1.CC(C)(C)OC(=O)N1CC[C@H](NS(C)(=O)=O)C1.CS(=O)(=O)C[C@H]1CCNC1.CS(=O)(=O)NC1CCCC1.O=S(=O)(Cl)c1cc(Oc2c(Cl)cc(Br)cc2Cl)ccc1O. The summed E-state index contributed by atoms with van der Waals surface area (Å²) in [6.07, 6.45) is 9.81. The van der Waals surface area contributed by atoms with Crippen molar-refractivity contribution in [2.75, 3.05) is 63.8 Å². The molecule has 408 valence electrons. The number of halogens is 4. The van der Waals surface area contributed by atoms with Gasteiger partial charge in [0.05, 0.1) is 28.3 Å². The molecule has 3 heterocycles. The van der Waals surface area contributed by atoms with Crippen LogP contribution in [-0.4, -0.2) is 154 Å². The molecule has 2 aromatic carbocycles. The quantitative estimate of drug-likeness (QED) is 0.161. The van der Waals surface area contributed by atoms with Crippen LogP contribution in [0.3, 0.4) is 0 Å². The van der Waals surface area contributed by atoms with Crippen molar-refractivity contribution in [3.8, 4) is 17.2 Å². The Bertz CT molecular complexity index is 2470. The molecule has 3 saturated heterocycles. The number of aromatic hydroxyl groups is 1. The minimum Gasteiger partial charge on any atom is -0.507 e. The van der Waals surface area contributed by atoms with E-state index in [0.29, 0.717) is 42.2 Å². The predicted octanol–water partition coefficient (Wildman–Crippen LogP) is 6.80. The van der Waals surface area contributed by atoms with Gasteiger partial charge in [-0.05, 0) is 117 Å². The first-order chi connectivity index (χ1) is 32.3. The number of ether oxygens (including phenoxy) is 3. The summed E-state index contributed by atoms with van der Waals surface area (Å²) in [6, 6.07) is 6.85. The van der Waals surface area contributed by atoms with E-state index in [1.807, 2.05) is 20.8 Å². The van der Waals surface area contributed by atoms with Crippen LogP contribution in [0.5, 0.6) is 17.2 Å². The van der Waals surface area contributed by atoms with Crippen LogP contribution in [0.25, 0.3) is 0 Å². The maximum Gasteiger partial charge on any atom is 0.410 e. The molecule has 1 aliphatic carbocycles. The van der Waals surface area contributed by atoms with Crippen LogP contribution in [0.4, 0.5) is 9.59 Å². The first-order valence-electron chi connectivity index (χ1n) is 22.4. The second-order valence-electron chi connectivity index (χ2n) is 19.5. The maximum absolute atomic E-state index is 11.7. The Balaban J connectivity index is 0.000000314. The fraction of sp³-hybridized carbons (Fsp3) is 0.674. The molecule has 0 radical (unpaired) electrons.